The summed E-state index contributed by atoms with van der Waals surface area (Å²) in [7, 11) is 0. The highest BCUT2D eigenvalue weighted by atomic mass is 79.9. The molecule has 0 aliphatic carbocycles. The Bertz CT molecular complexity index is 1020. The third-order valence-electron chi connectivity index (χ3n) is 4.23. The van der Waals surface area contributed by atoms with E-state index in [1.807, 2.05) is 24.3 Å². The van der Waals surface area contributed by atoms with E-state index in [0.29, 0.717) is 38.9 Å². The Hall–Kier alpha value is -2.03. The number of hydrogen-bond donors (Lipinski definition) is 0. The van der Waals surface area contributed by atoms with Crippen molar-refractivity contribution < 1.29 is 19.0 Å². The zero-order chi connectivity index (χ0) is 20.5. The number of fused-ring (bicyclic) bond motifs is 1. The summed E-state index contributed by atoms with van der Waals surface area (Å²) >= 11 is 10.3. The maximum Gasteiger partial charge on any atom is 0.270 e. The van der Waals surface area contributed by atoms with Crippen LogP contribution < -0.4 is 19.1 Å². The van der Waals surface area contributed by atoms with Crippen LogP contribution in [0.15, 0.2) is 45.8 Å². The number of thiocarbonyl (C=S) groups is 1. The van der Waals surface area contributed by atoms with Crippen LogP contribution in [0.1, 0.15) is 19.4 Å². The van der Waals surface area contributed by atoms with Crippen LogP contribution in [-0.2, 0) is 4.79 Å². The molecule has 2 heterocycles. The lowest BCUT2D eigenvalue weighted by molar-refractivity contribution is -0.113. The molecule has 2 aliphatic heterocycles. The lowest BCUT2D eigenvalue weighted by atomic mass is 10.2. The summed E-state index contributed by atoms with van der Waals surface area (Å²) in [5.74, 6) is 2.35. The zero-order valence-corrected chi connectivity index (χ0v) is 19.0. The minimum absolute atomic E-state index is 0.157. The molecular formula is C21H18BrNO4S2. The first-order valence-electron chi connectivity index (χ1n) is 9.02. The first-order valence-corrected chi connectivity index (χ1v) is 11.0. The molecule has 5 nitrogen and oxygen atoms in total. The third kappa shape index (κ3) is 4.29. The third-order valence-corrected chi connectivity index (χ3v) is 6.16. The van der Waals surface area contributed by atoms with Crippen LogP contribution in [0, 0.1) is 5.92 Å². The molecule has 2 aliphatic rings. The molecule has 1 fully saturated rings. The Kier molecular flexibility index (Phi) is 5.85. The summed E-state index contributed by atoms with van der Waals surface area (Å²) in [6, 6.07) is 11.1. The quantitative estimate of drug-likeness (QED) is 0.399. The van der Waals surface area contributed by atoms with Gasteiger partial charge < -0.3 is 14.2 Å². The first kappa shape index (κ1) is 20.3. The average Bonchev–Trinajstić information content (AvgIpc) is 3.24. The van der Waals surface area contributed by atoms with Crippen molar-refractivity contribution in [3.05, 3.63) is 51.3 Å². The van der Waals surface area contributed by atoms with E-state index in [1.54, 1.807) is 18.2 Å². The number of carbonyl (C=O) groups is 1. The number of hydrogen-bond acceptors (Lipinski definition) is 6. The smallest absolute Gasteiger partial charge is 0.270 e. The molecule has 150 valence electrons. The van der Waals surface area contributed by atoms with Crippen molar-refractivity contribution in [2.24, 2.45) is 5.92 Å². The van der Waals surface area contributed by atoms with Gasteiger partial charge in [0.1, 0.15) is 5.75 Å². The van der Waals surface area contributed by atoms with Crippen molar-refractivity contribution in [2.45, 2.75) is 13.8 Å². The van der Waals surface area contributed by atoms with Crippen molar-refractivity contribution in [2.75, 3.05) is 18.3 Å². The minimum Gasteiger partial charge on any atom is -0.492 e. The van der Waals surface area contributed by atoms with Crippen LogP contribution in [0.25, 0.3) is 6.08 Å². The molecule has 8 heteroatoms. The van der Waals surface area contributed by atoms with Crippen molar-refractivity contribution in [1.82, 2.24) is 0 Å². The number of thioether (sulfide) groups is 1. The van der Waals surface area contributed by atoms with Gasteiger partial charge in [0.2, 0.25) is 6.79 Å². The SMILES string of the molecule is CC(C)COc1ccc(/C=C2/SC(=S)N(c3ccc4c(c3)OCO4)C2=O)cc1Br. The van der Waals surface area contributed by atoms with E-state index in [-0.39, 0.29) is 12.7 Å². The summed E-state index contributed by atoms with van der Waals surface area (Å²) in [6.07, 6.45) is 1.84. The van der Waals surface area contributed by atoms with Gasteiger partial charge >= 0.3 is 0 Å². The van der Waals surface area contributed by atoms with Gasteiger partial charge in [0.15, 0.2) is 15.8 Å². The molecule has 0 atom stereocenters. The molecule has 1 amide bonds. The second-order valence-corrected chi connectivity index (χ2v) is 9.48. The summed E-state index contributed by atoms with van der Waals surface area (Å²) in [4.78, 5) is 15.1. The Morgan fingerprint density at radius 1 is 1.24 bits per heavy atom. The van der Waals surface area contributed by atoms with Gasteiger partial charge in [-0.3, -0.25) is 9.69 Å². The number of halogens is 1. The second kappa shape index (κ2) is 8.38. The molecule has 4 rings (SSSR count). The Morgan fingerprint density at radius 2 is 2.03 bits per heavy atom. The van der Waals surface area contributed by atoms with Crippen LogP contribution in [0.4, 0.5) is 5.69 Å². The average molecular weight is 492 g/mol. The topological polar surface area (TPSA) is 48.0 Å². The number of anilines is 1. The Morgan fingerprint density at radius 3 is 2.79 bits per heavy atom. The molecule has 2 aromatic carbocycles. The molecule has 1 saturated heterocycles. The fourth-order valence-corrected chi connectivity index (χ4v) is 4.66. The number of carbonyl (C=O) groups excluding carboxylic acids is 1. The number of amides is 1. The standard InChI is InChI=1S/C21H18BrNO4S2/c1-12(2)10-25-16-5-3-13(7-15(16)22)8-19-20(24)23(21(28)29-19)14-4-6-17-18(9-14)27-11-26-17/h3-9,12H,10-11H2,1-2H3/b19-8+. The van der Waals surface area contributed by atoms with E-state index < -0.39 is 0 Å². The molecular weight excluding hydrogens is 474 g/mol. The normalized spacial score (nSPS) is 17.0. The van der Waals surface area contributed by atoms with Gasteiger partial charge in [0.05, 0.1) is 21.7 Å². The predicted molar refractivity (Wildman–Crippen MR) is 123 cm³/mol. The van der Waals surface area contributed by atoms with Crippen LogP contribution in [0.2, 0.25) is 0 Å². The monoisotopic (exact) mass is 491 g/mol. The van der Waals surface area contributed by atoms with E-state index >= 15 is 0 Å². The number of nitrogens with zero attached hydrogens (tertiary/aromatic N) is 1. The maximum absolute atomic E-state index is 13.0. The highest BCUT2D eigenvalue weighted by Gasteiger charge is 2.34. The summed E-state index contributed by atoms with van der Waals surface area (Å²) in [5.41, 5.74) is 1.55. The highest BCUT2D eigenvalue weighted by molar-refractivity contribution is 9.10. The molecule has 0 radical (unpaired) electrons. The van der Waals surface area contributed by atoms with Crippen LogP contribution in [0.3, 0.4) is 0 Å². The van der Waals surface area contributed by atoms with Gasteiger partial charge in [-0.2, -0.15) is 0 Å². The van der Waals surface area contributed by atoms with Crippen LogP contribution in [0.5, 0.6) is 17.2 Å². The van der Waals surface area contributed by atoms with Gasteiger partial charge in [-0.1, -0.05) is 43.9 Å². The van der Waals surface area contributed by atoms with Gasteiger partial charge in [-0.25, -0.2) is 0 Å². The number of rotatable bonds is 5. The van der Waals surface area contributed by atoms with E-state index in [9.17, 15) is 4.79 Å². The molecule has 29 heavy (non-hydrogen) atoms. The second-order valence-electron chi connectivity index (χ2n) is 6.95. The largest absolute Gasteiger partial charge is 0.492 e. The minimum atomic E-state index is -0.157. The van der Waals surface area contributed by atoms with E-state index in [4.69, 9.17) is 26.4 Å². The van der Waals surface area contributed by atoms with Crippen molar-refractivity contribution in [3.63, 3.8) is 0 Å². The molecule has 0 saturated carbocycles. The number of benzene rings is 2. The van der Waals surface area contributed by atoms with Crippen molar-refractivity contribution in [3.8, 4) is 17.2 Å². The van der Waals surface area contributed by atoms with Crippen molar-refractivity contribution in [1.29, 1.82) is 0 Å². The highest BCUT2D eigenvalue weighted by Crippen LogP contribution is 2.41. The molecule has 0 bridgehead atoms. The predicted octanol–water partition coefficient (Wildman–Crippen LogP) is 5.62. The molecule has 0 unspecified atom stereocenters. The maximum atomic E-state index is 13.0. The zero-order valence-electron chi connectivity index (χ0n) is 15.8. The fraction of sp³-hybridized carbons (Fsp3) is 0.238. The first-order chi connectivity index (χ1) is 13.9. The summed E-state index contributed by atoms with van der Waals surface area (Å²) in [6.45, 7) is 5.03. The van der Waals surface area contributed by atoms with E-state index in [1.165, 1.54) is 16.7 Å². The van der Waals surface area contributed by atoms with Gasteiger partial charge in [0.25, 0.3) is 5.91 Å². The van der Waals surface area contributed by atoms with Gasteiger partial charge in [-0.05, 0) is 57.8 Å². The molecule has 0 N–H and O–H groups in total. The Labute approximate surface area is 187 Å². The lowest BCUT2D eigenvalue weighted by Crippen LogP contribution is -2.27. The fourth-order valence-electron chi connectivity index (χ4n) is 2.85. The molecule has 2 aromatic rings. The van der Waals surface area contributed by atoms with Gasteiger partial charge in [0, 0.05) is 6.07 Å². The molecule has 0 spiro atoms. The van der Waals surface area contributed by atoms with Gasteiger partial charge in [-0.15, -0.1) is 0 Å². The lowest BCUT2D eigenvalue weighted by Gasteiger charge is -2.14. The van der Waals surface area contributed by atoms with Crippen LogP contribution >= 0.6 is 39.9 Å². The summed E-state index contributed by atoms with van der Waals surface area (Å²) in [5, 5.41) is 0. The van der Waals surface area contributed by atoms with E-state index in [2.05, 4.69) is 29.8 Å². The summed E-state index contributed by atoms with van der Waals surface area (Å²) < 4.78 is 17.8. The molecule has 0 aromatic heterocycles. The van der Waals surface area contributed by atoms with Crippen LogP contribution in [-0.4, -0.2) is 23.6 Å². The van der Waals surface area contributed by atoms with Crippen molar-refractivity contribution >= 4 is 61.9 Å². The van der Waals surface area contributed by atoms with E-state index in [0.717, 1.165) is 15.8 Å². The Balaban J connectivity index is 1.55. The number of ether oxygens (including phenoxy) is 3.